The van der Waals surface area contributed by atoms with Crippen LogP contribution in [0.5, 0.6) is 0 Å². The molecule has 0 amide bonds. The lowest BCUT2D eigenvalue weighted by atomic mass is 10.0. The van der Waals surface area contributed by atoms with Gasteiger partial charge in [-0.15, -0.1) is 0 Å². The van der Waals surface area contributed by atoms with E-state index in [4.69, 9.17) is 14.2 Å². The van der Waals surface area contributed by atoms with Gasteiger partial charge in [0.1, 0.15) is 13.2 Å². The van der Waals surface area contributed by atoms with Crippen molar-refractivity contribution in [3.8, 4) is 0 Å². The number of carbonyl (C=O) groups excluding carboxylic acids is 3. The van der Waals surface area contributed by atoms with Crippen LogP contribution in [0.3, 0.4) is 0 Å². The molecule has 83 heavy (non-hydrogen) atoms. The Balaban J connectivity index is 4.23. The molecule has 0 aromatic carbocycles. The molecule has 0 aromatic rings. The quantitative estimate of drug-likeness (QED) is 0.0261. The van der Waals surface area contributed by atoms with Crippen LogP contribution in [-0.4, -0.2) is 37.2 Å². The molecule has 0 fully saturated rings. The highest BCUT2D eigenvalue weighted by Crippen LogP contribution is 2.17. The maximum Gasteiger partial charge on any atom is 0.306 e. The zero-order chi connectivity index (χ0) is 59.9. The molecule has 0 aromatic heterocycles. The van der Waals surface area contributed by atoms with Crippen molar-refractivity contribution in [1.82, 2.24) is 0 Å². The van der Waals surface area contributed by atoms with E-state index < -0.39 is 6.10 Å². The summed E-state index contributed by atoms with van der Waals surface area (Å²) >= 11 is 0. The van der Waals surface area contributed by atoms with E-state index >= 15 is 0 Å². The first kappa shape index (κ1) is 79.3. The average molecular weight is 1160 g/mol. The third kappa shape index (κ3) is 69.0. The summed E-state index contributed by atoms with van der Waals surface area (Å²) in [6.45, 7) is 6.55. The Morgan fingerprint density at radius 1 is 0.253 bits per heavy atom. The molecule has 0 bridgehead atoms. The molecule has 478 valence electrons. The van der Waals surface area contributed by atoms with E-state index in [2.05, 4.69) is 118 Å². The Morgan fingerprint density at radius 2 is 0.470 bits per heavy atom. The molecule has 6 nitrogen and oxygen atoms in total. The molecule has 1 unspecified atom stereocenters. The predicted octanol–water partition coefficient (Wildman–Crippen LogP) is 24.8. The molecule has 0 saturated heterocycles. The summed E-state index contributed by atoms with van der Waals surface area (Å²) in [5.41, 5.74) is 0. The number of unbranched alkanes of at least 4 members (excludes halogenated alkanes) is 38. The summed E-state index contributed by atoms with van der Waals surface area (Å²) in [4.78, 5) is 38.4. The number of ether oxygens (including phenoxy) is 3. The number of hydrogen-bond donors (Lipinski definition) is 0. The molecule has 0 spiro atoms. The minimum atomic E-state index is -0.779. The topological polar surface area (TPSA) is 78.9 Å². The van der Waals surface area contributed by atoms with Gasteiger partial charge in [0.15, 0.2) is 6.10 Å². The SMILES string of the molecule is CC/C=C\C/C=C\C/C=C\C/C=C\C/C=C\CCCCCCCCCCCCCC(=O)OCC(COC(=O)CCCCCCCCCCCCC)OC(=O)CCCCCCCCCCCCCC/C=C\C/C=C\C/C=C\CCCCCCC. The Kier molecular flexibility index (Phi) is 67.7. The summed E-state index contributed by atoms with van der Waals surface area (Å²) < 4.78 is 17.0. The van der Waals surface area contributed by atoms with Crippen molar-refractivity contribution in [2.75, 3.05) is 13.2 Å². The highest BCUT2D eigenvalue weighted by molar-refractivity contribution is 5.71. The molecule has 0 heterocycles. The largest absolute Gasteiger partial charge is 0.462 e. The molecule has 6 heteroatoms. The van der Waals surface area contributed by atoms with Crippen LogP contribution < -0.4 is 0 Å². The van der Waals surface area contributed by atoms with Crippen molar-refractivity contribution in [3.63, 3.8) is 0 Å². The van der Waals surface area contributed by atoms with Crippen LogP contribution in [-0.2, 0) is 28.6 Å². The molecule has 0 radical (unpaired) electrons. The maximum atomic E-state index is 13.0. The van der Waals surface area contributed by atoms with Crippen LogP contribution in [0, 0.1) is 0 Å². The minimum absolute atomic E-state index is 0.0751. The van der Waals surface area contributed by atoms with E-state index in [-0.39, 0.29) is 31.1 Å². The fraction of sp³-hybridized carbons (Fsp3) is 0.753. The summed E-state index contributed by atoms with van der Waals surface area (Å²) in [6.07, 6.45) is 95.8. The maximum absolute atomic E-state index is 13.0. The number of hydrogen-bond acceptors (Lipinski definition) is 6. The first-order valence-electron chi connectivity index (χ1n) is 35.7. The third-order valence-electron chi connectivity index (χ3n) is 15.6. The highest BCUT2D eigenvalue weighted by Gasteiger charge is 2.19. The first-order valence-corrected chi connectivity index (χ1v) is 35.7. The molecule has 1 atom stereocenters. The molecular formula is C77H134O6. The Morgan fingerprint density at radius 3 is 0.735 bits per heavy atom. The second-order valence-corrected chi connectivity index (χ2v) is 23.8. The van der Waals surface area contributed by atoms with Gasteiger partial charge in [0.05, 0.1) is 0 Å². The fourth-order valence-electron chi connectivity index (χ4n) is 10.2. The number of allylic oxidation sites excluding steroid dienone is 16. The van der Waals surface area contributed by atoms with E-state index in [9.17, 15) is 14.4 Å². The van der Waals surface area contributed by atoms with Crippen molar-refractivity contribution in [2.24, 2.45) is 0 Å². The minimum Gasteiger partial charge on any atom is -0.462 e. The van der Waals surface area contributed by atoms with E-state index in [0.717, 1.165) is 103 Å². The monoisotopic (exact) mass is 1160 g/mol. The lowest BCUT2D eigenvalue weighted by molar-refractivity contribution is -0.167. The number of esters is 3. The van der Waals surface area contributed by atoms with E-state index in [1.165, 1.54) is 212 Å². The van der Waals surface area contributed by atoms with Gasteiger partial charge in [-0.1, -0.05) is 330 Å². The standard InChI is InChI=1S/C77H134O6/c1-4-7-10-13-16-19-22-24-26-28-30-32-34-36-38-40-42-44-46-48-50-52-55-58-61-64-67-70-76(79)82-73-74(72-81-75(78)69-66-63-60-57-54-21-18-15-12-9-6-3)83-77(80)71-68-65-62-59-56-53-51-49-47-45-43-41-39-37-35-33-31-29-27-25-23-20-17-14-11-8-5-2/h7,10,16,19,23-26,29-32,35-38,74H,4-6,8-9,11-15,17-18,20-22,27-28,33-34,39-73H2,1-3H3/b10-7-,19-16-,25-23-,26-24-,31-29-,32-30-,37-35-,38-36-. The highest BCUT2D eigenvalue weighted by atomic mass is 16.6. The second kappa shape index (κ2) is 70.8. The van der Waals surface area contributed by atoms with Crippen LogP contribution >= 0.6 is 0 Å². The Bertz CT molecular complexity index is 1610. The summed E-state index contributed by atoms with van der Waals surface area (Å²) in [5.74, 6) is -0.864. The van der Waals surface area contributed by atoms with Gasteiger partial charge in [0.2, 0.25) is 0 Å². The Hall–Kier alpha value is -3.67. The zero-order valence-electron chi connectivity index (χ0n) is 54.9. The van der Waals surface area contributed by atoms with Crippen molar-refractivity contribution in [1.29, 1.82) is 0 Å². The van der Waals surface area contributed by atoms with E-state index in [0.29, 0.717) is 19.3 Å². The van der Waals surface area contributed by atoms with Gasteiger partial charge >= 0.3 is 17.9 Å². The van der Waals surface area contributed by atoms with Crippen molar-refractivity contribution >= 4 is 17.9 Å². The van der Waals surface area contributed by atoms with Crippen molar-refractivity contribution < 1.29 is 28.6 Å². The predicted molar refractivity (Wildman–Crippen MR) is 362 cm³/mol. The first-order chi connectivity index (χ1) is 41.0. The van der Waals surface area contributed by atoms with Gasteiger partial charge in [-0.25, -0.2) is 0 Å². The average Bonchev–Trinajstić information content (AvgIpc) is 3.48. The smallest absolute Gasteiger partial charge is 0.306 e. The molecule has 0 N–H and O–H groups in total. The second-order valence-electron chi connectivity index (χ2n) is 23.8. The fourth-order valence-corrected chi connectivity index (χ4v) is 10.2. The molecular weight excluding hydrogens is 1020 g/mol. The Labute approximate surface area is 515 Å². The van der Waals surface area contributed by atoms with Gasteiger partial charge in [0, 0.05) is 19.3 Å². The molecule has 0 saturated carbocycles. The van der Waals surface area contributed by atoms with Crippen molar-refractivity contribution in [3.05, 3.63) is 97.2 Å². The zero-order valence-corrected chi connectivity index (χ0v) is 54.9. The van der Waals surface area contributed by atoms with Gasteiger partial charge in [-0.05, 0) is 103 Å². The number of carbonyl (C=O) groups is 3. The third-order valence-corrected chi connectivity index (χ3v) is 15.6. The summed E-state index contributed by atoms with van der Waals surface area (Å²) in [6, 6.07) is 0. The number of rotatable bonds is 65. The summed E-state index contributed by atoms with van der Waals surface area (Å²) in [7, 11) is 0. The van der Waals surface area contributed by atoms with E-state index in [1.807, 2.05) is 0 Å². The van der Waals surface area contributed by atoms with Crippen LogP contribution in [0.1, 0.15) is 355 Å². The molecule has 0 rings (SSSR count). The molecule has 0 aliphatic heterocycles. The van der Waals surface area contributed by atoms with Crippen LogP contribution in [0.15, 0.2) is 97.2 Å². The molecule has 0 aliphatic rings. The lowest BCUT2D eigenvalue weighted by Crippen LogP contribution is -2.30. The van der Waals surface area contributed by atoms with Crippen LogP contribution in [0.25, 0.3) is 0 Å². The lowest BCUT2D eigenvalue weighted by Gasteiger charge is -2.18. The summed E-state index contributed by atoms with van der Waals surface area (Å²) in [5, 5.41) is 0. The van der Waals surface area contributed by atoms with Gasteiger partial charge < -0.3 is 14.2 Å². The van der Waals surface area contributed by atoms with Crippen LogP contribution in [0.2, 0.25) is 0 Å². The van der Waals surface area contributed by atoms with Gasteiger partial charge in [0.25, 0.3) is 0 Å². The van der Waals surface area contributed by atoms with Gasteiger partial charge in [-0.3, -0.25) is 14.4 Å². The van der Waals surface area contributed by atoms with Crippen molar-refractivity contribution in [2.45, 2.75) is 361 Å². The van der Waals surface area contributed by atoms with Gasteiger partial charge in [-0.2, -0.15) is 0 Å². The molecule has 0 aliphatic carbocycles. The van der Waals surface area contributed by atoms with E-state index in [1.54, 1.807) is 0 Å². The van der Waals surface area contributed by atoms with Crippen LogP contribution in [0.4, 0.5) is 0 Å². The normalized spacial score (nSPS) is 12.7.